The number of aromatic nitrogens is 1. The standard InChI is InChI=1S/C17H14ClF3N2O3/c18-11-7-14(16(24)25)15(22-8-11)23-6-5-13(9-23)26-12-3-1-10(2-4-12)17(19,20)21/h1-4,7-8,13H,5-6,9H2,(H,24,25)/p-1. The van der Waals surface area contributed by atoms with Crippen molar-refractivity contribution in [1.29, 1.82) is 0 Å². The molecule has 1 atom stereocenters. The minimum atomic E-state index is -4.40. The van der Waals surface area contributed by atoms with E-state index in [1.165, 1.54) is 24.4 Å². The Morgan fingerprint density at radius 2 is 2.00 bits per heavy atom. The Morgan fingerprint density at radius 3 is 2.62 bits per heavy atom. The van der Waals surface area contributed by atoms with Gasteiger partial charge in [0.2, 0.25) is 0 Å². The van der Waals surface area contributed by atoms with Crippen molar-refractivity contribution in [3.05, 3.63) is 52.7 Å². The summed E-state index contributed by atoms with van der Waals surface area (Å²) in [6.07, 6.45) is -2.80. The molecule has 0 aliphatic carbocycles. The lowest BCUT2D eigenvalue weighted by Crippen LogP contribution is -2.30. The van der Waals surface area contributed by atoms with Crippen molar-refractivity contribution >= 4 is 23.4 Å². The summed E-state index contributed by atoms with van der Waals surface area (Å²) in [5, 5.41) is 11.4. The lowest BCUT2D eigenvalue weighted by Gasteiger charge is -2.21. The number of pyridine rings is 1. The summed E-state index contributed by atoms with van der Waals surface area (Å²) in [5.41, 5.74) is -0.866. The van der Waals surface area contributed by atoms with Crippen LogP contribution in [0.5, 0.6) is 5.75 Å². The lowest BCUT2D eigenvalue weighted by molar-refractivity contribution is -0.255. The number of carbonyl (C=O) groups excluding carboxylic acids is 1. The van der Waals surface area contributed by atoms with E-state index < -0.39 is 17.7 Å². The van der Waals surface area contributed by atoms with E-state index in [1.807, 2.05) is 0 Å². The van der Waals surface area contributed by atoms with Crippen LogP contribution in [-0.4, -0.2) is 30.1 Å². The van der Waals surface area contributed by atoms with Crippen LogP contribution in [0.4, 0.5) is 19.0 Å². The van der Waals surface area contributed by atoms with Crippen LogP contribution in [0.1, 0.15) is 22.3 Å². The predicted octanol–water partition coefficient (Wildman–Crippen LogP) is 2.78. The summed E-state index contributed by atoms with van der Waals surface area (Å²) in [4.78, 5) is 17.0. The van der Waals surface area contributed by atoms with Crippen molar-refractivity contribution in [2.75, 3.05) is 18.0 Å². The first-order valence-corrected chi connectivity index (χ1v) is 8.07. The molecule has 138 valence electrons. The number of hydrogen-bond acceptors (Lipinski definition) is 5. The van der Waals surface area contributed by atoms with Gasteiger partial charge < -0.3 is 19.5 Å². The highest BCUT2D eigenvalue weighted by molar-refractivity contribution is 6.30. The molecule has 0 spiro atoms. The second kappa shape index (κ2) is 7.03. The van der Waals surface area contributed by atoms with E-state index in [0.717, 1.165) is 12.1 Å². The normalized spacial score (nSPS) is 17.4. The number of ether oxygens (including phenoxy) is 1. The van der Waals surface area contributed by atoms with E-state index in [0.29, 0.717) is 25.3 Å². The summed E-state index contributed by atoms with van der Waals surface area (Å²) in [7, 11) is 0. The first-order chi connectivity index (χ1) is 12.2. The number of carboxylic acid groups (broad SMARTS) is 1. The van der Waals surface area contributed by atoms with E-state index in [9.17, 15) is 23.1 Å². The Bertz CT molecular complexity index is 812. The van der Waals surface area contributed by atoms with E-state index in [-0.39, 0.29) is 22.5 Å². The highest BCUT2D eigenvalue weighted by Gasteiger charge is 2.31. The van der Waals surface area contributed by atoms with Gasteiger partial charge in [-0.05, 0) is 30.3 Å². The fourth-order valence-electron chi connectivity index (χ4n) is 2.77. The molecule has 0 saturated carbocycles. The zero-order chi connectivity index (χ0) is 18.9. The molecule has 0 bridgehead atoms. The predicted molar refractivity (Wildman–Crippen MR) is 86.3 cm³/mol. The molecule has 0 amide bonds. The highest BCUT2D eigenvalue weighted by Crippen LogP contribution is 2.31. The number of halogens is 4. The molecule has 1 aliphatic rings. The van der Waals surface area contributed by atoms with Gasteiger partial charge in [0.05, 0.1) is 23.1 Å². The van der Waals surface area contributed by atoms with Crippen molar-refractivity contribution in [3.63, 3.8) is 0 Å². The summed E-state index contributed by atoms with van der Waals surface area (Å²) in [6, 6.07) is 5.70. The van der Waals surface area contributed by atoms with Gasteiger partial charge in [-0.2, -0.15) is 13.2 Å². The molecule has 1 aliphatic heterocycles. The van der Waals surface area contributed by atoms with E-state index in [2.05, 4.69) is 4.98 Å². The second-order valence-corrected chi connectivity index (χ2v) is 6.25. The van der Waals surface area contributed by atoms with Crippen molar-refractivity contribution in [2.45, 2.75) is 18.7 Å². The molecule has 26 heavy (non-hydrogen) atoms. The maximum Gasteiger partial charge on any atom is 0.416 e. The zero-order valence-corrected chi connectivity index (χ0v) is 14.0. The summed E-state index contributed by atoms with van der Waals surface area (Å²) < 4.78 is 43.4. The smallest absolute Gasteiger partial charge is 0.416 e. The van der Waals surface area contributed by atoms with E-state index in [4.69, 9.17) is 16.3 Å². The molecule has 1 saturated heterocycles. The minimum absolute atomic E-state index is 0.118. The van der Waals surface area contributed by atoms with Gasteiger partial charge in [0.1, 0.15) is 17.7 Å². The van der Waals surface area contributed by atoms with Gasteiger partial charge >= 0.3 is 6.18 Å². The van der Waals surface area contributed by atoms with Crippen LogP contribution in [0.15, 0.2) is 36.5 Å². The first-order valence-electron chi connectivity index (χ1n) is 7.70. The lowest BCUT2D eigenvalue weighted by atomic mass is 10.2. The third-order valence-corrected chi connectivity index (χ3v) is 4.19. The number of carboxylic acids is 1. The van der Waals surface area contributed by atoms with E-state index >= 15 is 0 Å². The molecule has 1 fully saturated rings. The minimum Gasteiger partial charge on any atom is -0.545 e. The van der Waals surface area contributed by atoms with Gasteiger partial charge in [-0.1, -0.05) is 11.6 Å². The molecule has 5 nitrogen and oxygen atoms in total. The number of benzene rings is 1. The first kappa shape index (κ1) is 18.3. The van der Waals surface area contributed by atoms with Crippen molar-refractivity contribution in [3.8, 4) is 5.75 Å². The molecule has 3 rings (SSSR count). The number of nitrogens with zero attached hydrogens (tertiary/aromatic N) is 2. The molecule has 2 heterocycles. The average Bonchev–Trinajstić information content (AvgIpc) is 3.02. The molecule has 9 heteroatoms. The topological polar surface area (TPSA) is 65.5 Å². The monoisotopic (exact) mass is 385 g/mol. The molecule has 1 unspecified atom stereocenters. The Kier molecular flexibility index (Phi) is 4.95. The maximum atomic E-state index is 12.6. The van der Waals surface area contributed by atoms with Crippen molar-refractivity contribution in [2.24, 2.45) is 0 Å². The van der Waals surface area contributed by atoms with Gasteiger partial charge in [-0.15, -0.1) is 0 Å². The average molecular weight is 386 g/mol. The van der Waals surface area contributed by atoms with Crippen LogP contribution in [0, 0.1) is 0 Å². The fourth-order valence-corrected chi connectivity index (χ4v) is 2.92. The third-order valence-electron chi connectivity index (χ3n) is 3.98. The number of anilines is 1. The number of aromatic carboxylic acids is 1. The zero-order valence-electron chi connectivity index (χ0n) is 13.3. The molecule has 1 aromatic carbocycles. The maximum absolute atomic E-state index is 12.6. The fraction of sp³-hybridized carbons (Fsp3) is 0.294. The van der Waals surface area contributed by atoms with Crippen LogP contribution in [0.25, 0.3) is 0 Å². The largest absolute Gasteiger partial charge is 0.545 e. The second-order valence-electron chi connectivity index (χ2n) is 5.81. The molecule has 2 aromatic rings. The van der Waals surface area contributed by atoms with Crippen LogP contribution >= 0.6 is 11.6 Å². The SMILES string of the molecule is O=C([O-])c1cc(Cl)cnc1N1CCC(Oc2ccc(C(F)(F)F)cc2)C1. The number of hydrogen-bond donors (Lipinski definition) is 0. The number of rotatable bonds is 4. The quantitative estimate of drug-likeness (QED) is 0.809. The van der Waals surface area contributed by atoms with Gasteiger partial charge in [0.15, 0.2) is 0 Å². The Morgan fingerprint density at radius 1 is 1.31 bits per heavy atom. The Hall–Kier alpha value is -2.48. The molecule has 0 radical (unpaired) electrons. The van der Waals surface area contributed by atoms with Gasteiger partial charge in [0, 0.05) is 24.7 Å². The van der Waals surface area contributed by atoms with Gasteiger partial charge in [-0.3, -0.25) is 0 Å². The van der Waals surface area contributed by atoms with Crippen molar-refractivity contribution in [1.82, 2.24) is 4.98 Å². The number of alkyl halides is 3. The van der Waals surface area contributed by atoms with Crippen LogP contribution in [-0.2, 0) is 6.18 Å². The van der Waals surface area contributed by atoms with Gasteiger partial charge in [-0.25, -0.2) is 4.98 Å². The Balaban J connectivity index is 1.69. The van der Waals surface area contributed by atoms with Gasteiger partial charge in [0.25, 0.3) is 0 Å². The van der Waals surface area contributed by atoms with Crippen LogP contribution < -0.4 is 14.7 Å². The summed E-state index contributed by atoms with van der Waals surface area (Å²) >= 11 is 5.77. The van der Waals surface area contributed by atoms with Crippen LogP contribution in [0.3, 0.4) is 0 Å². The molecular formula is C17H13ClF3N2O3-. The summed E-state index contributed by atoms with van der Waals surface area (Å²) in [5.74, 6) is -0.843. The van der Waals surface area contributed by atoms with Crippen molar-refractivity contribution < 1.29 is 27.8 Å². The van der Waals surface area contributed by atoms with E-state index in [1.54, 1.807) is 4.90 Å². The molecule has 1 aromatic heterocycles. The highest BCUT2D eigenvalue weighted by atomic mass is 35.5. The number of carbonyl (C=O) groups is 1. The molecule has 0 N–H and O–H groups in total. The summed E-state index contributed by atoms with van der Waals surface area (Å²) in [6.45, 7) is 0.830. The molecular weight excluding hydrogens is 373 g/mol. The third kappa shape index (κ3) is 4.01. The Labute approximate surface area is 152 Å². The van der Waals surface area contributed by atoms with Crippen LogP contribution in [0.2, 0.25) is 5.02 Å².